The van der Waals surface area contributed by atoms with Gasteiger partial charge >= 0.3 is 0 Å². The van der Waals surface area contributed by atoms with Crippen molar-refractivity contribution in [2.24, 2.45) is 11.8 Å². The van der Waals surface area contributed by atoms with Gasteiger partial charge in [0.15, 0.2) is 0 Å². The van der Waals surface area contributed by atoms with Crippen molar-refractivity contribution in [3.8, 4) is 0 Å². The van der Waals surface area contributed by atoms with E-state index in [0.29, 0.717) is 17.9 Å². The SMILES string of the molecule is CNC(c1ccn(CCOCC(C)C)c1)C(C)C. The van der Waals surface area contributed by atoms with Crippen LogP contribution in [0.5, 0.6) is 0 Å². The molecule has 0 aliphatic carbocycles. The van der Waals surface area contributed by atoms with Crippen molar-refractivity contribution >= 4 is 0 Å². The maximum Gasteiger partial charge on any atom is 0.0645 e. The highest BCUT2D eigenvalue weighted by atomic mass is 16.5. The second-order valence-electron chi connectivity index (χ2n) is 5.66. The Balaban J connectivity index is 2.43. The minimum Gasteiger partial charge on any atom is -0.379 e. The molecule has 18 heavy (non-hydrogen) atoms. The first kappa shape index (κ1) is 15.3. The monoisotopic (exact) mass is 252 g/mol. The summed E-state index contributed by atoms with van der Waals surface area (Å²) in [7, 11) is 2.02. The molecule has 1 aromatic heterocycles. The van der Waals surface area contributed by atoms with Crippen molar-refractivity contribution in [3.05, 3.63) is 24.0 Å². The van der Waals surface area contributed by atoms with Crippen molar-refractivity contribution in [3.63, 3.8) is 0 Å². The zero-order chi connectivity index (χ0) is 13.5. The Morgan fingerprint density at radius 2 is 2.00 bits per heavy atom. The zero-order valence-corrected chi connectivity index (χ0v) is 12.4. The second-order valence-corrected chi connectivity index (χ2v) is 5.66. The van der Waals surface area contributed by atoms with Crippen LogP contribution in [0.2, 0.25) is 0 Å². The van der Waals surface area contributed by atoms with Gasteiger partial charge in [-0.3, -0.25) is 0 Å². The van der Waals surface area contributed by atoms with Crippen LogP contribution in [0.15, 0.2) is 18.5 Å². The molecule has 0 aliphatic heterocycles. The summed E-state index contributed by atoms with van der Waals surface area (Å²) in [5.41, 5.74) is 1.36. The molecule has 3 nitrogen and oxygen atoms in total. The van der Waals surface area contributed by atoms with Gasteiger partial charge in [-0.05, 0) is 30.5 Å². The number of hydrogen-bond donors (Lipinski definition) is 1. The topological polar surface area (TPSA) is 26.2 Å². The fraction of sp³-hybridized carbons (Fsp3) is 0.733. The summed E-state index contributed by atoms with van der Waals surface area (Å²) in [6, 6.07) is 2.63. The van der Waals surface area contributed by atoms with Crippen LogP contribution in [0.25, 0.3) is 0 Å². The number of ether oxygens (including phenoxy) is 1. The van der Waals surface area contributed by atoms with Crippen molar-refractivity contribution in [1.29, 1.82) is 0 Å². The van der Waals surface area contributed by atoms with Crippen molar-refractivity contribution in [2.45, 2.75) is 40.3 Å². The summed E-state index contributed by atoms with van der Waals surface area (Å²) in [6.45, 7) is 11.4. The molecule has 1 atom stereocenters. The highest BCUT2D eigenvalue weighted by molar-refractivity contribution is 5.16. The number of nitrogens with one attached hydrogen (secondary N) is 1. The normalized spacial score (nSPS) is 13.5. The van der Waals surface area contributed by atoms with Gasteiger partial charge in [0.05, 0.1) is 6.61 Å². The second kappa shape index (κ2) is 7.59. The van der Waals surface area contributed by atoms with Crippen LogP contribution >= 0.6 is 0 Å². The molecule has 1 aromatic rings. The van der Waals surface area contributed by atoms with Crippen LogP contribution in [-0.2, 0) is 11.3 Å². The summed E-state index contributed by atoms with van der Waals surface area (Å²) in [5.74, 6) is 1.21. The fourth-order valence-corrected chi connectivity index (χ4v) is 2.16. The molecule has 1 unspecified atom stereocenters. The first-order valence-corrected chi connectivity index (χ1v) is 6.95. The van der Waals surface area contributed by atoms with Gasteiger partial charge in [0.1, 0.15) is 0 Å². The molecule has 0 amide bonds. The maximum atomic E-state index is 5.61. The van der Waals surface area contributed by atoms with E-state index in [2.05, 4.69) is 56.0 Å². The third kappa shape index (κ3) is 4.83. The molecule has 0 bridgehead atoms. The van der Waals surface area contributed by atoms with E-state index in [9.17, 15) is 0 Å². The van der Waals surface area contributed by atoms with Crippen LogP contribution in [0.1, 0.15) is 39.3 Å². The lowest BCUT2D eigenvalue weighted by molar-refractivity contribution is 0.103. The quantitative estimate of drug-likeness (QED) is 0.720. The van der Waals surface area contributed by atoms with E-state index in [4.69, 9.17) is 4.74 Å². The van der Waals surface area contributed by atoms with Gasteiger partial charge in [0.2, 0.25) is 0 Å². The molecule has 0 fully saturated rings. The van der Waals surface area contributed by atoms with Crippen LogP contribution in [-0.4, -0.2) is 24.8 Å². The Morgan fingerprint density at radius 3 is 2.56 bits per heavy atom. The van der Waals surface area contributed by atoms with Gasteiger partial charge in [0.25, 0.3) is 0 Å². The lowest BCUT2D eigenvalue weighted by Crippen LogP contribution is -2.21. The number of hydrogen-bond acceptors (Lipinski definition) is 2. The van der Waals surface area contributed by atoms with Gasteiger partial charge in [-0.2, -0.15) is 0 Å². The van der Waals surface area contributed by atoms with Crippen LogP contribution in [0, 0.1) is 11.8 Å². The van der Waals surface area contributed by atoms with Crippen molar-refractivity contribution in [1.82, 2.24) is 9.88 Å². The van der Waals surface area contributed by atoms with Gasteiger partial charge < -0.3 is 14.6 Å². The molecule has 1 N–H and O–H groups in total. The molecule has 0 aromatic carbocycles. The summed E-state index contributed by atoms with van der Waals surface area (Å²) in [4.78, 5) is 0. The average molecular weight is 252 g/mol. The van der Waals surface area contributed by atoms with Crippen molar-refractivity contribution in [2.75, 3.05) is 20.3 Å². The molecule has 0 radical (unpaired) electrons. The molecular weight excluding hydrogens is 224 g/mol. The number of rotatable bonds is 8. The van der Waals surface area contributed by atoms with Gasteiger partial charge in [0, 0.05) is 31.6 Å². The van der Waals surface area contributed by atoms with E-state index in [1.165, 1.54) is 5.56 Å². The summed E-state index contributed by atoms with van der Waals surface area (Å²) in [5, 5.41) is 3.37. The minimum absolute atomic E-state index is 0.433. The third-order valence-electron chi connectivity index (χ3n) is 3.06. The van der Waals surface area contributed by atoms with E-state index in [1.807, 2.05) is 7.05 Å². The molecule has 3 heteroatoms. The Morgan fingerprint density at radius 1 is 1.28 bits per heavy atom. The fourth-order valence-electron chi connectivity index (χ4n) is 2.16. The Labute approximate surface area is 112 Å². The highest BCUT2D eigenvalue weighted by Gasteiger charge is 2.14. The van der Waals surface area contributed by atoms with E-state index in [1.54, 1.807) is 0 Å². The molecule has 1 heterocycles. The smallest absolute Gasteiger partial charge is 0.0645 e. The van der Waals surface area contributed by atoms with E-state index < -0.39 is 0 Å². The molecule has 1 rings (SSSR count). The predicted octanol–water partition coefficient (Wildman–Crippen LogP) is 3.08. The van der Waals surface area contributed by atoms with Gasteiger partial charge in [-0.1, -0.05) is 27.7 Å². The summed E-state index contributed by atoms with van der Waals surface area (Å²) in [6.07, 6.45) is 4.36. The van der Waals surface area contributed by atoms with Crippen LogP contribution in [0.3, 0.4) is 0 Å². The third-order valence-corrected chi connectivity index (χ3v) is 3.06. The number of nitrogens with zero attached hydrogens (tertiary/aromatic N) is 1. The predicted molar refractivity (Wildman–Crippen MR) is 76.7 cm³/mol. The molecule has 0 aliphatic rings. The lowest BCUT2D eigenvalue weighted by Gasteiger charge is -2.18. The first-order valence-electron chi connectivity index (χ1n) is 6.95. The van der Waals surface area contributed by atoms with E-state index in [-0.39, 0.29) is 0 Å². The minimum atomic E-state index is 0.433. The lowest BCUT2D eigenvalue weighted by atomic mass is 9.99. The van der Waals surface area contributed by atoms with Crippen LogP contribution in [0.4, 0.5) is 0 Å². The number of aromatic nitrogens is 1. The first-order chi connectivity index (χ1) is 8.54. The Kier molecular flexibility index (Phi) is 6.44. The summed E-state index contributed by atoms with van der Waals surface area (Å²) < 4.78 is 7.82. The standard InChI is InChI=1S/C15H28N2O/c1-12(2)11-18-9-8-17-7-6-14(10-17)15(16-5)13(3)4/h6-7,10,12-13,15-16H,8-9,11H2,1-5H3. The average Bonchev–Trinajstić information content (AvgIpc) is 2.73. The van der Waals surface area contributed by atoms with Gasteiger partial charge in [-0.25, -0.2) is 0 Å². The maximum absolute atomic E-state index is 5.61. The Hall–Kier alpha value is -0.800. The van der Waals surface area contributed by atoms with E-state index >= 15 is 0 Å². The molecule has 0 saturated carbocycles. The van der Waals surface area contributed by atoms with Crippen molar-refractivity contribution < 1.29 is 4.74 Å². The molecule has 0 spiro atoms. The highest BCUT2D eigenvalue weighted by Crippen LogP contribution is 2.21. The van der Waals surface area contributed by atoms with Crippen LogP contribution < -0.4 is 5.32 Å². The molecule has 0 saturated heterocycles. The van der Waals surface area contributed by atoms with Gasteiger partial charge in [-0.15, -0.1) is 0 Å². The zero-order valence-electron chi connectivity index (χ0n) is 12.4. The largest absolute Gasteiger partial charge is 0.379 e. The summed E-state index contributed by atoms with van der Waals surface area (Å²) >= 11 is 0. The van der Waals surface area contributed by atoms with E-state index in [0.717, 1.165) is 19.8 Å². The Bertz CT molecular complexity index is 331. The molecular formula is C15H28N2O. The molecule has 104 valence electrons.